The molecule has 0 amide bonds. The summed E-state index contributed by atoms with van der Waals surface area (Å²) in [6, 6.07) is 13.8. The minimum atomic E-state index is -0.422. The number of ether oxygens (including phenoxy) is 1. The van der Waals surface area contributed by atoms with Crippen LogP contribution in [-0.4, -0.2) is 15.9 Å². The predicted molar refractivity (Wildman–Crippen MR) is 109 cm³/mol. The van der Waals surface area contributed by atoms with Gasteiger partial charge in [-0.25, -0.2) is 4.79 Å². The van der Waals surface area contributed by atoms with Crippen molar-refractivity contribution in [2.75, 3.05) is 0 Å². The standard InChI is InChI=1S/C24H22N2O2/c1-15-6-7-18-11-16(2)13-22(21(18)12-15)23-9-8-19(14-26-23)28-24(27)20-5-4-10-25-17(20)3/h4-10,12-14,22H,11H2,1-3H3. The highest BCUT2D eigenvalue weighted by molar-refractivity contribution is 5.92. The minimum absolute atomic E-state index is 0.119. The Morgan fingerprint density at radius 1 is 1.07 bits per heavy atom. The number of rotatable bonds is 3. The monoisotopic (exact) mass is 370 g/mol. The summed E-state index contributed by atoms with van der Waals surface area (Å²) in [4.78, 5) is 21.1. The average molecular weight is 370 g/mol. The number of benzene rings is 1. The van der Waals surface area contributed by atoms with Gasteiger partial charge in [0.25, 0.3) is 0 Å². The average Bonchev–Trinajstić information content (AvgIpc) is 2.68. The van der Waals surface area contributed by atoms with Crippen LogP contribution in [0.3, 0.4) is 0 Å². The first-order valence-electron chi connectivity index (χ1n) is 9.38. The largest absolute Gasteiger partial charge is 0.421 e. The van der Waals surface area contributed by atoms with E-state index in [1.54, 1.807) is 37.5 Å². The van der Waals surface area contributed by atoms with Crippen molar-refractivity contribution in [2.24, 2.45) is 0 Å². The maximum atomic E-state index is 12.4. The molecule has 2 aromatic heterocycles. The van der Waals surface area contributed by atoms with Crippen molar-refractivity contribution in [3.63, 3.8) is 0 Å². The lowest BCUT2D eigenvalue weighted by Gasteiger charge is -2.24. The van der Waals surface area contributed by atoms with Gasteiger partial charge in [0.1, 0.15) is 5.75 Å². The smallest absolute Gasteiger partial charge is 0.345 e. The zero-order valence-corrected chi connectivity index (χ0v) is 16.3. The maximum absolute atomic E-state index is 12.4. The lowest BCUT2D eigenvalue weighted by atomic mass is 9.82. The van der Waals surface area contributed by atoms with Crippen molar-refractivity contribution in [1.82, 2.24) is 9.97 Å². The summed E-state index contributed by atoms with van der Waals surface area (Å²) in [5, 5.41) is 0. The van der Waals surface area contributed by atoms with E-state index >= 15 is 0 Å². The molecule has 0 fully saturated rings. The second-order valence-corrected chi connectivity index (χ2v) is 7.31. The molecule has 1 aromatic carbocycles. The van der Waals surface area contributed by atoms with Crippen molar-refractivity contribution >= 4 is 5.97 Å². The number of aromatic nitrogens is 2. The number of pyridine rings is 2. The first-order chi connectivity index (χ1) is 13.5. The number of aryl methyl sites for hydroxylation is 2. The number of allylic oxidation sites excluding steroid dienone is 2. The molecule has 4 heteroatoms. The third kappa shape index (κ3) is 3.58. The van der Waals surface area contributed by atoms with Crippen LogP contribution in [0, 0.1) is 13.8 Å². The molecular weight excluding hydrogens is 348 g/mol. The van der Waals surface area contributed by atoms with Gasteiger partial charge in [0.2, 0.25) is 0 Å². The molecule has 0 saturated carbocycles. The van der Waals surface area contributed by atoms with Gasteiger partial charge in [-0.15, -0.1) is 0 Å². The van der Waals surface area contributed by atoms with E-state index in [4.69, 9.17) is 4.74 Å². The highest BCUT2D eigenvalue weighted by atomic mass is 16.5. The Balaban J connectivity index is 1.58. The third-order valence-electron chi connectivity index (χ3n) is 5.07. The predicted octanol–water partition coefficient (Wildman–Crippen LogP) is 4.95. The van der Waals surface area contributed by atoms with Crippen molar-refractivity contribution < 1.29 is 9.53 Å². The van der Waals surface area contributed by atoms with Crippen LogP contribution in [0.4, 0.5) is 0 Å². The Morgan fingerprint density at radius 2 is 1.93 bits per heavy atom. The Bertz CT molecular complexity index is 1070. The molecule has 1 aliphatic carbocycles. The molecule has 4 rings (SSSR count). The highest BCUT2D eigenvalue weighted by Gasteiger charge is 2.22. The first kappa shape index (κ1) is 18.1. The number of carbonyl (C=O) groups excluding carboxylic acids is 1. The molecule has 1 atom stereocenters. The molecule has 1 aliphatic rings. The van der Waals surface area contributed by atoms with E-state index in [0.717, 1.165) is 12.1 Å². The second kappa shape index (κ2) is 7.39. The molecule has 0 aliphatic heterocycles. The lowest BCUT2D eigenvalue weighted by Crippen LogP contribution is -2.12. The maximum Gasteiger partial charge on any atom is 0.345 e. The summed E-state index contributed by atoms with van der Waals surface area (Å²) < 4.78 is 5.48. The zero-order chi connectivity index (χ0) is 19.7. The van der Waals surface area contributed by atoms with Crippen molar-refractivity contribution in [3.8, 4) is 5.75 Å². The van der Waals surface area contributed by atoms with Crippen LogP contribution in [0.5, 0.6) is 5.75 Å². The Labute approximate surface area is 164 Å². The fourth-order valence-electron chi connectivity index (χ4n) is 3.64. The van der Waals surface area contributed by atoms with E-state index in [1.165, 1.54) is 22.3 Å². The SMILES string of the molecule is CC1=CC(c2ccc(OC(=O)c3cccnc3C)cn2)c2cc(C)ccc2C1. The first-order valence-corrected chi connectivity index (χ1v) is 9.38. The minimum Gasteiger partial charge on any atom is -0.421 e. The number of nitrogens with zero attached hydrogens (tertiary/aromatic N) is 2. The van der Waals surface area contributed by atoms with Crippen LogP contribution < -0.4 is 4.74 Å². The van der Waals surface area contributed by atoms with Gasteiger partial charge in [-0.1, -0.05) is 35.4 Å². The molecular formula is C24H22N2O2. The van der Waals surface area contributed by atoms with Crippen molar-refractivity contribution in [2.45, 2.75) is 33.1 Å². The molecule has 0 radical (unpaired) electrons. The van der Waals surface area contributed by atoms with E-state index in [-0.39, 0.29) is 5.92 Å². The Kier molecular flexibility index (Phi) is 4.78. The highest BCUT2D eigenvalue weighted by Crippen LogP contribution is 2.35. The Morgan fingerprint density at radius 3 is 2.68 bits per heavy atom. The van der Waals surface area contributed by atoms with E-state index in [9.17, 15) is 4.79 Å². The number of hydrogen-bond donors (Lipinski definition) is 0. The topological polar surface area (TPSA) is 52.1 Å². The summed E-state index contributed by atoms with van der Waals surface area (Å²) in [7, 11) is 0. The summed E-state index contributed by atoms with van der Waals surface area (Å²) >= 11 is 0. The van der Waals surface area contributed by atoms with Gasteiger partial charge in [0.15, 0.2) is 0 Å². The van der Waals surface area contributed by atoms with Crippen LogP contribution in [0.2, 0.25) is 0 Å². The molecule has 0 saturated heterocycles. The molecule has 0 bridgehead atoms. The van der Waals surface area contributed by atoms with Gasteiger partial charge >= 0.3 is 5.97 Å². The molecule has 0 spiro atoms. The molecule has 28 heavy (non-hydrogen) atoms. The number of esters is 1. The van der Waals surface area contributed by atoms with E-state index in [0.29, 0.717) is 17.0 Å². The van der Waals surface area contributed by atoms with Crippen molar-refractivity contribution in [1.29, 1.82) is 0 Å². The lowest BCUT2D eigenvalue weighted by molar-refractivity contribution is 0.0733. The fourth-order valence-corrected chi connectivity index (χ4v) is 3.64. The molecule has 4 nitrogen and oxygen atoms in total. The quantitative estimate of drug-likeness (QED) is 0.484. The summed E-state index contributed by atoms with van der Waals surface area (Å²) in [5.41, 5.74) is 7.28. The van der Waals surface area contributed by atoms with Crippen LogP contribution >= 0.6 is 0 Å². The van der Waals surface area contributed by atoms with Gasteiger partial charge in [0, 0.05) is 12.1 Å². The van der Waals surface area contributed by atoms with Gasteiger partial charge in [-0.3, -0.25) is 9.97 Å². The molecule has 0 N–H and O–H groups in total. The second-order valence-electron chi connectivity index (χ2n) is 7.31. The summed E-state index contributed by atoms with van der Waals surface area (Å²) in [6.07, 6.45) is 6.52. The zero-order valence-electron chi connectivity index (χ0n) is 16.3. The van der Waals surface area contributed by atoms with E-state index in [2.05, 4.69) is 48.1 Å². The summed E-state index contributed by atoms with van der Waals surface area (Å²) in [5.74, 6) is 0.126. The summed E-state index contributed by atoms with van der Waals surface area (Å²) in [6.45, 7) is 6.05. The molecule has 3 aromatic rings. The van der Waals surface area contributed by atoms with Crippen LogP contribution in [0.15, 0.2) is 66.5 Å². The number of fused-ring (bicyclic) bond motifs is 1. The van der Waals surface area contributed by atoms with E-state index < -0.39 is 5.97 Å². The van der Waals surface area contributed by atoms with Gasteiger partial charge < -0.3 is 4.74 Å². The molecule has 140 valence electrons. The van der Waals surface area contributed by atoms with Crippen LogP contribution in [0.1, 0.15) is 51.3 Å². The van der Waals surface area contributed by atoms with Gasteiger partial charge in [-0.05, 0) is 62.6 Å². The van der Waals surface area contributed by atoms with Crippen LogP contribution in [0.25, 0.3) is 0 Å². The van der Waals surface area contributed by atoms with E-state index in [1.807, 2.05) is 6.07 Å². The molecule has 1 unspecified atom stereocenters. The molecule has 2 heterocycles. The normalized spacial score (nSPS) is 15.5. The van der Waals surface area contributed by atoms with Crippen molar-refractivity contribution in [3.05, 3.63) is 100 Å². The fraction of sp³-hybridized carbons (Fsp3) is 0.208. The van der Waals surface area contributed by atoms with Gasteiger partial charge in [-0.2, -0.15) is 0 Å². The Hall–Kier alpha value is -3.27. The number of hydrogen-bond acceptors (Lipinski definition) is 4. The van der Waals surface area contributed by atoms with Crippen LogP contribution in [-0.2, 0) is 6.42 Å². The van der Waals surface area contributed by atoms with Gasteiger partial charge in [0.05, 0.1) is 23.1 Å². The number of carbonyl (C=O) groups is 1. The third-order valence-corrected chi connectivity index (χ3v) is 5.07.